The number of carbonyl (C=O) groups excluding carboxylic acids is 1. The van der Waals surface area contributed by atoms with Gasteiger partial charge in [-0.1, -0.05) is 24.3 Å². The summed E-state index contributed by atoms with van der Waals surface area (Å²) in [4.78, 5) is 12.2. The number of hydrogen-bond acceptors (Lipinski definition) is 3. The topological polar surface area (TPSA) is 61.4 Å². The number of anilines is 2. The molecule has 2 aromatic rings. The molecule has 1 atom stereocenters. The number of rotatable bonds is 2. The number of aryl methyl sites for hydroxylation is 1. The lowest BCUT2D eigenvalue weighted by Gasteiger charge is -2.12. The third-order valence-corrected chi connectivity index (χ3v) is 3.56. The van der Waals surface area contributed by atoms with Crippen LogP contribution < -0.4 is 10.6 Å². The third-order valence-electron chi connectivity index (χ3n) is 3.56. The van der Waals surface area contributed by atoms with Crippen molar-refractivity contribution in [1.29, 1.82) is 0 Å². The second-order valence-electron chi connectivity index (χ2n) is 5.05. The van der Waals surface area contributed by atoms with Gasteiger partial charge in [0.25, 0.3) is 0 Å². The van der Waals surface area contributed by atoms with Crippen LogP contribution in [-0.2, 0) is 11.2 Å². The van der Waals surface area contributed by atoms with Gasteiger partial charge in [0.1, 0.15) is 11.8 Å². The van der Waals surface area contributed by atoms with E-state index >= 15 is 0 Å². The van der Waals surface area contributed by atoms with E-state index in [0.717, 1.165) is 16.8 Å². The van der Waals surface area contributed by atoms with Gasteiger partial charge in [-0.3, -0.25) is 4.79 Å². The first-order chi connectivity index (χ1) is 9.63. The fourth-order valence-corrected chi connectivity index (χ4v) is 2.37. The van der Waals surface area contributed by atoms with E-state index in [1.807, 2.05) is 31.2 Å². The van der Waals surface area contributed by atoms with Gasteiger partial charge < -0.3 is 15.7 Å². The largest absolute Gasteiger partial charge is 0.508 e. The zero-order valence-electron chi connectivity index (χ0n) is 11.2. The highest BCUT2D eigenvalue weighted by atomic mass is 16.3. The molecule has 1 aliphatic heterocycles. The summed E-state index contributed by atoms with van der Waals surface area (Å²) in [6.07, 6.45) is 0.680. The van der Waals surface area contributed by atoms with Gasteiger partial charge >= 0.3 is 0 Å². The first-order valence-electron chi connectivity index (χ1n) is 6.58. The Kier molecular flexibility index (Phi) is 3.06. The molecular formula is C16H16N2O2. The predicted octanol–water partition coefficient (Wildman–Crippen LogP) is 2.68. The van der Waals surface area contributed by atoms with Crippen molar-refractivity contribution in [3.05, 3.63) is 53.6 Å². The van der Waals surface area contributed by atoms with Crippen LogP contribution in [0.2, 0.25) is 0 Å². The Hall–Kier alpha value is -2.49. The van der Waals surface area contributed by atoms with Gasteiger partial charge in [-0.2, -0.15) is 0 Å². The third kappa shape index (κ3) is 2.32. The van der Waals surface area contributed by atoms with Gasteiger partial charge in [0.15, 0.2) is 0 Å². The Morgan fingerprint density at radius 1 is 1.30 bits per heavy atom. The standard InChI is InChI=1S/C16H16N2O2/c1-10-6-7-12(9-15(10)19)17-16(20)14-8-11-4-2-3-5-13(11)18-14/h2-7,9,14,18-19H,8H2,1H3,(H,17,20)/t14-/m0/s1. The zero-order chi connectivity index (χ0) is 14.1. The van der Waals surface area contributed by atoms with E-state index in [1.165, 1.54) is 0 Å². The van der Waals surface area contributed by atoms with Crippen molar-refractivity contribution in [2.75, 3.05) is 10.6 Å². The van der Waals surface area contributed by atoms with Crippen LogP contribution in [0.5, 0.6) is 5.75 Å². The average molecular weight is 268 g/mol. The van der Waals surface area contributed by atoms with E-state index < -0.39 is 0 Å². The summed E-state index contributed by atoms with van der Waals surface area (Å²) in [5.74, 6) is 0.0925. The summed E-state index contributed by atoms with van der Waals surface area (Å²) in [5.41, 5.74) is 3.56. The number of carbonyl (C=O) groups is 1. The highest BCUT2D eigenvalue weighted by molar-refractivity contribution is 5.98. The molecular weight excluding hydrogens is 252 g/mol. The van der Waals surface area contributed by atoms with Gasteiger partial charge in [-0.15, -0.1) is 0 Å². The molecule has 0 unspecified atom stereocenters. The van der Waals surface area contributed by atoms with Gasteiger partial charge in [0, 0.05) is 23.9 Å². The van der Waals surface area contributed by atoms with Gasteiger partial charge in [0.05, 0.1) is 0 Å². The number of nitrogens with one attached hydrogen (secondary N) is 2. The predicted molar refractivity (Wildman–Crippen MR) is 79.0 cm³/mol. The molecule has 0 saturated heterocycles. The molecule has 0 saturated carbocycles. The molecule has 1 aliphatic rings. The van der Waals surface area contributed by atoms with E-state index in [9.17, 15) is 9.90 Å². The van der Waals surface area contributed by atoms with E-state index in [2.05, 4.69) is 10.6 Å². The summed E-state index contributed by atoms with van der Waals surface area (Å²) in [6.45, 7) is 1.82. The molecule has 102 valence electrons. The minimum Gasteiger partial charge on any atom is -0.508 e. The number of fused-ring (bicyclic) bond motifs is 1. The number of phenols is 1. The lowest BCUT2D eigenvalue weighted by Crippen LogP contribution is -2.32. The van der Waals surface area contributed by atoms with Crippen LogP contribution in [0.1, 0.15) is 11.1 Å². The summed E-state index contributed by atoms with van der Waals surface area (Å²) in [7, 11) is 0. The molecule has 3 N–H and O–H groups in total. The van der Waals surface area contributed by atoms with Crippen LogP contribution in [-0.4, -0.2) is 17.1 Å². The van der Waals surface area contributed by atoms with Gasteiger partial charge in [-0.25, -0.2) is 0 Å². The molecule has 0 aromatic heterocycles. The number of benzene rings is 2. The monoisotopic (exact) mass is 268 g/mol. The van der Waals surface area contributed by atoms with Crippen LogP contribution in [0.4, 0.5) is 11.4 Å². The van der Waals surface area contributed by atoms with Crippen molar-refractivity contribution >= 4 is 17.3 Å². The first kappa shape index (κ1) is 12.5. The first-order valence-corrected chi connectivity index (χ1v) is 6.58. The zero-order valence-corrected chi connectivity index (χ0v) is 11.2. The number of hydrogen-bond donors (Lipinski definition) is 3. The highest BCUT2D eigenvalue weighted by Crippen LogP contribution is 2.26. The number of aromatic hydroxyl groups is 1. The van der Waals surface area contributed by atoms with Crippen molar-refractivity contribution in [2.45, 2.75) is 19.4 Å². The van der Waals surface area contributed by atoms with E-state index in [4.69, 9.17) is 0 Å². The molecule has 2 aromatic carbocycles. The normalized spacial score (nSPS) is 16.4. The van der Waals surface area contributed by atoms with Crippen LogP contribution in [0, 0.1) is 6.92 Å². The molecule has 4 nitrogen and oxygen atoms in total. The Balaban J connectivity index is 1.71. The minimum absolute atomic E-state index is 0.0931. The molecule has 4 heteroatoms. The van der Waals surface area contributed by atoms with Crippen molar-refractivity contribution in [3.63, 3.8) is 0 Å². The van der Waals surface area contributed by atoms with E-state index in [0.29, 0.717) is 12.1 Å². The molecule has 20 heavy (non-hydrogen) atoms. The minimum atomic E-state index is -0.268. The highest BCUT2D eigenvalue weighted by Gasteiger charge is 2.26. The second-order valence-corrected chi connectivity index (χ2v) is 5.05. The molecule has 0 radical (unpaired) electrons. The number of para-hydroxylation sites is 1. The number of amides is 1. The molecule has 0 spiro atoms. The summed E-state index contributed by atoms with van der Waals surface area (Å²) >= 11 is 0. The second kappa shape index (κ2) is 4.89. The molecule has 3 rings (SSSR count). The molecule has 1 heterocycles. The van der Waals surface area contributed by atoms with Gasteiger partial charge in [0.2, 0.25) is 5.91 Å². The molecule has 0 aliphatic carbocycles. The lowest BCUT2D eigenvalue weighted by atomic mass is 10.1. The maximum absolute atomic E-state index is 12.2. The quantitative estimate of drug-likeness (QED) is 0.784. The Labute approximate surface area is 117 Å². The van der Waals surface area contributed by atoms with Crippen LogP contribution in [0.3, 0.4) is 0 Å². The maximum atomic E-state index is 12.2. The van der Waals surface area contributed by atoms with Crippen LogP contribution in [0.15, 0.2) is 42.5 Å². The molecule has 0 fully saturated rings. The Bertz CT molecular complexity index is 642. The maximum Gasteiger partial charge on any atom is 0.247 e. The van der Waals surface area contributed by atoms with Crippen molar-refractivity contribution < 1.29 is 9.90 Å². The Morgan fingerprint density at radius 3 is 2.85 bits per heavy atom. The molecule has 1 amide bonds. The van der Waals surface area contributed by atoms with E-state index in [-0.39, 0.29) is 17.7 Å². The van der Waals surface area contributed by atoms with E-state index in [1.54, 1.807) is 18.2 Å². The van der Waals surface area contributed by atoms with Crippen LogP contribution >= 0.6 is 0 Å². The average Bonchev–Trinajstić information content (AvgIpc) is 2.87. The summed E-state index contributed by atoms with van der Waals surface area (Å²) in [6, 6.07) is 12.8. The fourth-order valence-electron chi connectivity index (χ4n) is 2.37. The smallest absolute Gasteiger partial charge is 0.247 e. The summed E-state index contributed by atoms with van der Waals surface area (Å²) in [5, 5.41) is 15.7. The lowest BCUT2D eigenvalue weighted by molar-refractivity contribution is -0.116. The fraction of sp³-hybridized carbons (Fsp3) is 0.188. The number of phenolic OH excluding ortho intramolecular Hbond substituents is 1. The van der Waals surface area contributed by atoms with Gasteiger partial charge in [-0.05, 0) is 30.2 Å². The van der Waals surface area contributed by atoms with Crippen molar-refractivity contribution in [2.24, 2.45) is 0 Å². The summed E-state index contributed by atoms with van der Waals surface area (Å²) < 4.78 is 0. The Morgan fingerprint density at radius 2 is 2.10 bits per heavy atom. The van der Waals surface area contributed by atoms with Crippen molar-refractivity contribution in [3.8, 4) is 5.75 Å². The SMILES string of the molecule is Cc1ccc(NC(=O)[C@@H]2Cc3ccccc3N2)cc1O. The molecule has 0 bridgehead atoms. The van der Waals surface area contributed by atoms with Crippen LogP contribution in [0.25, 0.3) is 0 Å². The van der Waals surface area contributed by atoms with Crippen molar-refractivity contribution in [1.82, 2.24) is 0 Å².